The lowest BCUT2D eigenvalue weighted by molar-refractivity contribution is -0.137. The molecule has 0 unspecified atom stereocenters. The van der Waals surface area contributed by atoms with E-state index >= 15 is 0 Å². The number of rotatable bonds is 9. The van der Waals surface area contributed by atoms with Gasteiger partial charge in [0.1, 0.15) is 11.6 Å². The number of benzene rings is 1. The molecule has 9 nitrogen and oxygen atoms in total. The molecule has 12 heteroatoms. The molecule has 0 aliphatic heterocycles. The van der Waals surface area contributed by atoms with Crippen molar-refractivity contribution in [2.75, 3.05) is 31.4 Å². The summed E-state index contributed by atoms with van der Waals surface area (Å²) in [6.45, 7) is 0.530. The van der Waals surface area contributed by atoms with Gasteiger partial charge in [0.25, 0.3) is 0 Å². The minimum absolute atomic E-state index is 0.0510. The van der Waals surface area contributed by atoms with E-state index in [9.17, 15) is 13.2 Å². The largest absolute Gasteiger partial charge is 0.497 e. The number of anilines is 3. The summed E-state index contributed by atoms with van der Waals surface area (Å²) < 4.78 is 50.0. The summed E-state index contributed by atoms with van der Waals surface area (Å²) >= 11 is 0. The average molecular weight is 497 g/mol. The molecule has 3 aromatic heterocycles. The predicted molar refractivity (Wildman–Crippen MR) is 127 cm³/mol. The van der Waals surface area contributed by atoms with E-state index in [4.69, 9.17) is 9.47 Å². The maximum Gasteiger partial charge on any atom is 0.416 e. The summed E-state index contributed by atoms with van der Waals surface area (Å²) in [5, 5.41) is 6.11. The standard InChI is InChI=1S/C24H22F3N7O2/c1-35-19-10-17(24(25,26)27)9-18(11-19)33-22-30-14-20(16-12-31-23(36-2)32-13-16)21(34-22)29-8-5-15-3-6-28-7-4-15/h3-4,6-7,9-14H,5,8H2,1-2H3,(H2,29,30,33,34). The van der Waals surface area contributed by atoms with Gasteiger partial charge >= 0.3 is 12.2 Å². The van der Waals surface area contributed by atoms with E-state index in [1.54, 1.807) is 31.0 Å². The van der Waals surface area contributed by atoms with E-state index in [0.29, 0.717) is 29.9 Å². The molecule has 0 fully saturated rings. The van der Waals surface area contributed by atoms with Crippen molar-refractivity contribution in [1.29, 1.82) is 0 Å². The second-order valence-corrected chi connectivity index (χ2v) is 7.52. The van der Waals surface area contributed by atoms with Gasteiger partial charge in [0.15, 0.2) is 0 Å². The van der Waals surface area contributed by atoms with E-state index in [-0.39, 0.29) is 23.4 Å². The Labute approximate surface area is 204 Å². The van der Waals surface area contributed by atoms with Gasteiger partial charge in [-0.3, -0.25) is 4.98 Å². The Hall–Kier alpha value is -4.48. The highest BCUT2D eigenvalue weighted by Gasteiger charge is 2.31. The fourth-order valence-electron chi connectivity index (χ4n) is 3.31. The minimum Gasteiger partial charge on any atom is -0.497 e. The summed E-state index contributed by atoms with van der Waals surface area (Å²) in [7, 11) is 2.76. The minimum atomic E-state index is -4.54. The number of aromatic nitrogens is 5. The summed E-state index contributed by atoms with van der Waals surface area (Å²) in [6, 6.07) is 7.35. The molecule has 0 aliphatic carbocycles. The number of halogens is 3. The first-order valence-electron chi connectivity index (χ1n) is 10.7. The molecule has 0 saturated carbocycles. The molecule has 4 rings (SSSR count). The van der Waals surface area contributed by atoms with E-state index in [2.05, 4.69) is 35.6 Å². The number of alkyl halides is 3. The molecule has 0 spiro atoms. The molecule has 2 N–H and O–H groups in total. The molecule has 36 heavy (non-hydrogen) atoms. The van der Waals surface area contributed by atoms with Gasteiger partial charge in [0.2, 0.25) is 5.95 Å². The zero-order valence-electron chi connectivity index (χ0n) is 19.4. The van der Waals surface area contributed by atoms with Gasteiger partial charge in [-0.25, -0.2) is 15.0 Å². The van der Waals surface area contributed by atoms with Crippen LogP contribution in [0.5, 0.6) is 11.8 Å². The normalized spacial score (nSPS) is 11.1. The highest BCUT2D eigenvalue weighted by atomic mass is 19.4. The quantitative estimate of drug-likeness (QED) is 0.338. The number of methoxy groups -OCH3 is 2. The summed E-state index contributed by atoms with van der Waals surface area (Å²) in [5.41, 5.74) is 1.60. The topological polar surface area (TPSA) is 107 Å². The second-order valence-electron chi connectivity index (χ2n) is 7.52. The third-order valence-corrected chi connectivity index (χ3v) is 5.09. The smallest absolute Gasteiger partial charge is 0.416 e. The molecule has 186 valence electrons. The molecule has 0 amide bonds. The fraction of sp³-hybridized carbons (Fsp3) is 0.208. The summed E-state index contributed by atoms with van der Waals surface area (Å²) in [4.78, 5) is 21.1. The number of ether oxygens (including phenoxy) is 2. The van der Waals surface area contributed by atoms with Gasteiger partial charge in [0, 0.05) is 60.4 Å². The van der Waals surface area contributed by atoms with Gasteiger partial charge in [-0.15, -0.1) is 0 Å². The number of pyridine rings is 1. The van der Waals surface area contributed by atoms with Crippen molar-refractivity contribution in [2.24, 2.45) is 0 Å². The third-order valence-electron chi connectivity index (χ3n) is 5.09. The monoisotopic (exact) mass is 497 g/mol. The second kappa shape index (κ2) is 10.8. The maximum atomic E-state index is 13.3. The van der Waals surface area contributed by atoms with Crippen LogP contribution in [-0.2, 0) is 12.6 Å². The van der Waals surface area contributed by atoms with Crippen LogP contribution in [0.15, 0.2) is 61.3 Å². The Kier molecular flexibility index (Phi) is 7.42. The van der Waals surface area contributed by atoms with E-state index in [1.807, 2.05) is 12.1 Å². The van der Waals surface area contributed by atoms with E-state index in [1.165, 1.54) is 20.3 Å². The summed E-state index contributed by atoms with van der Waals surface area (Å²) in [5.74, 6) is 0.602. The molecule has 1 aromatic carbocycles. The van der Waals surface area contributed by atoms with Crippen LogP contribution in [0.1, 0.15) is 11.1 Å². The molecule has 3 heterocycles. The van der Waals surface area contributed by atoms with Crippen molar-refractivity contribution in [3.05, 3.63) is 72.4 Å². The zero-order chi connectivity index (χ0) is 25.5. The number of nitrogens with zero attached hydrogens (tertiary/aromatic N) is 5. The van der Waals surface area contributed by atoms with Crippen molar-refractivity contribution in [2.45, 2.75) is 12.6 Å². The van der Waals surface area contributed by atoms with Crippen LogP contribution in [-0.4, -0.2) is 45.7 Å². The van der Waals surface area contributed by atoms with Crippen LogP contribution in [0.3, 0.4) is 0 Å². The molecular weight excluding hydrogens is 475 g/mol. The first kappa shape index (κ1) is 24.6. The third kappa shape index (κ3) is 6.14. The van der Waals surface area contributed by atoms with Crippen molar-refractivity contribution in [3.8, 4) is 22.9 Å². The molecule has 0 saturated heterocycles. The Morgan fingerprint density at radius 2 is 1.67 bits per heavy atom. The van der Waals surface area contributed by atoms with Crippen LogP contribution in [0, 0.1) is 0 Å². The van der Waals surface area contributed by atoms with Crippen molar-refractivity contribution >= 4 is 17.5 Å². The Morgan fingerprint density at radius 1 is 0.917 bits per heavy atom. The SMILES string of the molecule is COc1cc(Nc2ncc(-c3cnc(OC)nc3)c(NCCc3ccncc3)n2)cc(C(F)(F)F)c1. The van der Waals surface area contributed by atoms with Gasteiger partial charge in [-0.1, -0.05) is 0 Å². The lowest BCUT2D eigenvalue weighted by Crippen LogP contribution is -2.10. The van der Waals surface area contributed by atoms with Crippen molar-refractivity contribution in [1.82, 2.24) is 24.9 Å². The van der Waals surface area contributed by atoms with Crippen LogP contribution < -0.4 is 20.1 Å². The molecular formula is C24H22F3N7O2. The van der Waals surface area contributed by atoms with Gasteiger partial charge in [0.05, 0.1) is 19.8 Å². The van der Waals surface area contributed by atoms with E-state index < -0.39 is 11.7 Å². The average Bonchev–Trinajstić information content (AvgIpc) is 2.89. The molecule has 0 radical (unpaired) electrons. The highest BCUT2D eigenvalue weighted by molar-refractivity contribution is 5.75. The van der Waals surface area contributed by atoms with Crippen LogP contribution in [0.4, 0.5) is 30.6 Å². The lowest BCUT2D eigenvalue weighted by atomic mass is 10.1. The van der Waals surface area contributed by atoms with Gasteiger partial charge < -0.3 is 20.1 Å². The predicted octanol–water partition coefficient (Wildman–Crippen LogP) is 4.76. The highest BCUT2D eigenvalue weighted by Crippen LogP contribution is 2.35. The van der Waals surface area contributed by atoms with Crippen molar-refractivity contribution in [3.63, 3.8) is 0 Å². The Morgan fingerprint density at radius 3 is 2.33 bits per heavy atom. The molecule has 0 atom stereocenters. The Balaban J connectivity index is 1.63. The van der Waals surface area contributed by atoms with Crippen molar-refractivity contribution < 1.29 is 22.6 Å². The number of hydrogen-bond acceptors (Lipinski definition) is 9. The first-order valence-corrected chi connectivity index (χ1v) is 10.7. The Bertz CT molecular complexity index is 1300. The number of hydrogen-bond donors (Lipinski definition) is 2. The molecule has 4 aromatic rings. The fourth-order valence-corrected chi connectivity index (χ4v) is 3.31. The lowest BCUT2D eigenvalue weighted by Gasteiger charge is -2.15. The zero-order valence-corrected chi connectivity index (χ0v) is 19.4. The van der Waals surface area contributed by atoms with Gasteiger partial charge in [-0.2, -0.15) is 18.2 Å². The van der Waals surface area contributed by atoms with Crippen LogP contribution >= 0.6 is 0 Å². The maximum absolute atomic E-state index is 13.3. The van der Waals surface area contributed by atoms with Crippen LogP contribution in [0.2, 0.25) is 0 Å². The molecule has 0 bridgehead atoms. The molecule has 0 aliphatic rings. The first-order chi connectivity index (χ1) is 17.4. The van der Waals surface area contributed by atoms with E-state index in [0.717, 1.165) is 17.7 Å². The number of nitrogens with one attached hydrogen (secondary N) is 2. The van der Waals surface area contributed by atoms with Crippen LogP contribution in [0.25, 0.3) is 11.1 Å². The van der Waals surface area contributed by atoms with Gasteiger partial charge in [-0.05, 0) is 36.2 Å². The summed E-state index contributed by atoms with van der Waals surface area (Å²) in [6.07, 6.45) is 4.27.